The van der Waals surface area contributed by atoms with Gasteiger partial charge in [0.1, 0.15) is 35.5 Å². The lowest BCUT2D eigenvalue weighted by Gasteiger charge is -2.15. The van der Waals surface area contributed by atoms with E-state index in [-0.39, 0.29) is 0 Å². The first-order valence-corrected chi connectivity index (χ1v) is 8.56. The standard InChI is InChI=1S/C19H16FN3O4/c20-15-17(25)14(8-24)27-19(15)23-6-5-11-16(21-9-22-18(11)23)13-7-10-3-1-2-4-12(10)26-13/h1-7,9,14-15,17,19,24-25H,8H2/t14-,15-,17-,19-/m1/s1. The first-order chi connectivity index (χ1) is 13.2. The Kier molecular flexibility index (Phi) is 3.71. The lowest BCUT2D eigenvalue weighted by atomic mass is 10.1. The van der Waals surface area contributed by atoms with Gasteiger partial charge in [-0.15, -0.1) is 0 Å². The van der Waals surface area contributed by atoms with Gasteiger partial charge in [0, 0.05) is 17.0 Å². The molecule has 0 radical (unpaired) electrons. The fourth-order valence-corrected chi connectivity index (χ4v) is 3.55. The van der Waals surface area contributed by atoms with Gasteiger partial charge in [0.2, 0.25) is 0 Å². The minimum absolute atomic E-state index is 0.457. The number of fused-ring (bicyclic) bond motifs is 2. The molecule has 1 aromatic carbocycles. The Morgan fingerprint density at radius 1 is 1.19 bits per heavy atom. The summed E-state index contributed by atoms with van der Waals surface area (Å²) in [5.74, 6) is 0.582. The maximum atomic E-state index is 14.5. The van der Waals surface area contributed by atoms with Crippen LogP contribution in [0.3, 0.4) is 0 Å². The van der Waals surface area contributed by atoms with Crippen molar-refractivity contribution in [3.8, 4) is 11.5 Å². The minimum atomic E-state index is -1.68. The molecule has 0 unspecified atom stereocenters. The molecule has 0 amide bonds. The summed E-state index contributed by atoms with van der Waals surface area (Å²) in [7, 11) is 0. The largest absolute Gasteiger partial charge is 0.454 e. The van der Waals surface area contributed by atoms with E-state index < -0.39 is 31.2 Å². The van der Waals surface area contributed by atoms with Crippen molar-refractivity contribution in [1.82, 2.24) is 14.5 Å². The Balaban J connectivity index is 1.61. The third-order valence-electron chi connectivity index (χ3n) is 4.92. The molecule has 2 N–H and O–H groups in total. The second kappa shape index (κ2) is 6.12. The molecule has 0 bridgehead atoms. The molecule has 27 heavy (non-hydrogen) atoms. The zero-order valence-corrected chi connectivity index (χ0v) is 14.1. The molecule has 1 aliphatic rings. The molecule has 4 atom stereocenters. The summed E-state index contributed by atoms with van der Waals surface area (Å²) in [6.45, 7) is -0.462. The van der Waals surface area contributed by atoms with E-state index in [2.05, 4.69) is 9.97 Å². The first kappa shape index (κ1) is 16.4. The van der Waals surface area contributed by atoms with Crippen LogP contribution in [0.15, 0.2) is 53.3 Å². The third kappa shape index (κ3) is 2.45. The fraction of sp³-hybridized carbons (Fsp3) is 0.263. The van der Waals surface area contributed by atoms with Crippen molar-refractivity contribution < 1.29 is 23.8 Å². The van der Waals surface area contributed by atoms with E-state index in [9.17, 15) is 14.6 Å². The van der Waals surface area contributed by atoms with Gasteiger partial charge >= 0.3 is 0 Å². The van der Waals surface area contributed by atoms with Gasteiger partial charge < -0.3 is 23.9 Å². The maximum absolute atomic E-state index is 14.5. The minimum Gasteiger partial charge on any atom is -0.454 e. The van der Waals surface area contributed by atoms with E-state index in [0.29, 0.717) is 22.5 Å². The van der Waals surface area contributed by atoms with Crippen LogP contribution in [-0.2, 0) is 4.74 Å². The number of benzene rings is 1. The Hall–Kier alpha value is -2.81. The van der Waals surface area contributed by atoms with Crippen LogP contribution in [-0.4, -0.2) is 49.7 Å². The predicted octanol–water partition coefficient (Wildman–Crippen LogP) is 2.43. The summed E-state index contributed by atoms with van der Waals surface area (Å²) < 4.78 is 27.4. The van der Waals surface area contributed by atoms with Crippen molar-refractivity contribution in [3.05, 3.63) is 48.9 Å². The second-order valence-corrected chi connectivity index (χ2v) is 6.51. The van der Waals surface area contributed by atoms with Crippen LogP contribution in [0, 0.1) is 0 Å². The van der Waals surface area contributed by atoms with Crippen LogP contribution in [0.1, 0.15) is 6.23 Å². The van der Waals surface area contributed by atoms with Crippen LogP contribution in [0.2, 0.25) is 0 Å². The smallest absolute Gasteiger partial charge is 0.173 e. The molecular weight excluding hydrogens is 353 g/mol. The Morgan fingerprint density at radius 2 is 2.04 bits per heavy atom. The maximum Gasteiger partial charge on any atom is 0.173 e. The number of ether oxygens (including phenoxy) is 1. The van der Waals surface area contributed by atoms with Crippen LogP contribution < -0.4 is 0 Å². The monoisotopic (exact) mass is 369 g/mol. The van der Waals surface area contributed by atoms with Crippen LogP contribution >= 0.6 is 0 Å². The van der Waals surface area contributed by atoms with Crippen molar-refractivity contribution >= 4 is 22.0 Å². The van der Waals surface area contributed by atoms with E-state index in [1.165, 1.54) is 10.9 Å². The molecule has 4 heterocycles. The number of halogens is 1. The number of aromatic nitrogens is 3. The van der Waals surface area contributed by atoms with Gasteiger partial charge in [-0.25, -0.2) is 14.4 Å². The number of aliphatic hydroxyl groups excluding tert-OH is 2. The molecule has 1 saturated heterocycles. The highest BCUT2D eigenvalue weighted by molar-refractivity contribution is 5.92. The van der Waals surface area contributed by atoms with Crippen LogP contribution in [0.5, 0.6) is 0 Å². The lowest BCUT2D eigenvalue weighted by Crippen LogP contribution is -2.30. The van der Waals surface area contributed by atoms with Gasteiger partial charge in [-0.3, -0.25) is 0 Å². The Labute approximate surface area is 152 Å². The van der Waals surface area contributed by atoms with E-state index in [1.807, 2.05) is 30.3 Å². The quantitative estimate of drug-likeness (QED) is 0.576. The van der Waals surface area contributed by atoms with Gasteiger partial charge in [0.25, 0.3) is 0 Å². The third-order valence-corrected chi connectivity index (χ3v) is 4.92. The average Bonchev–Trinajstić information content (AvgIpc) is 3.38. The summed E-state index contributed by atoms with van der Waals surface area (Å²) in [4.78, 5) is 8.59. The normalized spacial score (nSPS) is 25.6. The second-order valence-electron chi connectivity index (χ2n) is 6.51. The van der Waals surface area contributed by atoms with Crippen molar-refractivity contribution in [2.45, 2.75) is 24.6 Å². The Morgan fingerprint density at radius 3 is 2.81 bits per heavy atom. The molecule has 5 rings (SSSR count). The summed E-state index contributed by atoms with van der Waals surface area (Å²) in [6, 6.07) is 11.3. The number of alkyl halides is 1. The van der Waals surface area contributed by atoms with E-state index in [0.717, 1.165) is 11.0 Å². The van der Waals surface area contributed by atoms with E-state index >= 15 is 0 Å². The highest BCUT2D eigenvalue weighted by atomic mass is 19.1. The number of para-hydroxylation sites is 1. The first-order valence-electron chi connectivity index (χ1n) is 8.56. The van der Waals surface area contributed by atoms with Gasteiger partial charge in [-0.2, -0.15) is 0 Å². The number of hydrogen-bond acceptors (Lipinski definition) is 6. The van der Waals surface area contributed by atoms with Crippen molar-refractivity contribution in [2.24, 2.45) is 0 Å². The molecule has 1 fully saturated rings. The van der Waals surface area contributed by atoms with Crippen LogP contribution in [0.4, 0.5) is 4.39 Å². The lowest BCUT2D eigenvalue weighted by molar-refractivity contribution is -0.0457. The summed E-state index contributed by atoms with van der Waals surface area (Å²) in [5.41, 5.74) is 1.79. The average molecular weight is 369 g/mol. The molecule has 8 heteroatoms. The van der Waals surface area contributed by atoms with Gasteiger partial charge in [-0.05, 0) is 18.2 Å². The molecule has 0 aliphatic carbocycles. The molecule has 0 saturated carbocycles. The SMILES string of the molecule is OC[C@H]1O[C@@H](n2ccc3c(-c4cc5ccccc5o4)ncnc32)[C@H](F)[C@@H]1O. The fourth-order valence-electron chi connectivity index (χ4n) is 3.55. The summed E-state index contributed by atoms with van der Waals surface area (Å²) >= 11 is 0. The van der Waals surface area contributed by atoms with Gasteiger partial charge in [0.15, 0.2) is 18.2 Å². The number of aliphatic hydroxyl groups is 2. The van der Waals surface area contributed by atoms with E-state index in [4.69, 9.17) is 9.15 Å². The topological polar surface area (TPSA) is 93.5 Å². The number of hydrogen-bond donors (Lipinski definition) is 2. The molecule has 3 aromatic heterocycles. The number of rotatable bonds is 3. The Bertz CT molecular complexity index is 1090. The molecular formula is C19H16FN3O4. The van der Waals surface area contributed by atoms with Gasteiger partial charge in [-0.1, -0.05) is 18.2 Å². The zero-order valence-electron chi connectivity index (χ0n) is 14.1. The molecule has 138 valence electrons. The molecule has 7 nitrogen and oxygen atoms in total. The van der Waals surface area contributed by atoms with Gasteiger partial charge in [0.05, 0.1) is 6.61 Å². The summed E-state index contributed by atoms with van der Waals surface area (Å²) in [5, 5.41) is 20.8. The molecule has 1 aliphatic heterocycles. The summed E-state index contributed by atoms with van der Waals surface area (Å²) in [6.07, 6.45) is -2.11. The highest BCUT2D eigenvalue weighted by Crippen LogP contribution is 2.36. The molecule has 4 aromatic rings. The predicted molar refractivity (Wildman–Crippen MR) is 94.6 cm³/mol. The highest BCUT2D eigenvalue weighted by Gasteiger charge is 2.45. The number of furan rings is 1. The van der Waals surface area contributed by atoms with Crippen molar-refractivity contribution in [2.75, 3.05) is 6.61 Å². The van der Waals surface area contributed by atoms with Crippen molar-refractivity contribution in [3.63, 3.8) is 0 Å². The number of nitrogens with zero attached hydrogens (tertiary/aromatic N) is 3. The van der Waals surface area contributed by atoms with Crippen molar-refractivity contribution in [1.29, 1.82) is 0 Å². The van der Waals surface area contributed by atoms with E-state index in [1.54, 1.807) is 12.3 Å². The molecule has 0 spiro atoms. The zero-order chi connectivity index (χ0) is 18.5. The van der Waals surface area contributed by atoms with Crippen LogP contribution in [0.25, 0.3) is 33.5 Å².